The van der Waals surface area contributed by atoms with Gasteiger partial charge in [0.2, 0.25) is 5.91 Å². The van der Waals surface area contributed by atoms with Gasteiger partial charge in [-0.05, 0) is 18.1 Å². The first-order valence-electron chi connectivity index (χ1n) is 11.4. The van der Waals surface area contributed by atoms with Crippen molar-refractivity contribution in [2.45, 2.75) is 20.0 Å². The number of piperazine rings is 1. The highest BCUT2D eigenvalue weighted by molar-refractivity contribution is 14.0. The highest BCUT2D eigenvalue weighted by atomic mass is 127. The lowest BCUT2D eigenvalue weighted by molar-refractivity contribution is -0.130. The molecule has 0 saturated carbocycles. The zero-order valence-corrected chi connectivity index (χ0v) is 22.0. The van der Waals surface area contributed by atoms with Crippen LogP contribution in [-0.4, -0.2) is 100 Å². The van der Waals surface area contributed by atoms with Crippen molar-refractivity contribution >= 4 is 41.5 Å². The summed E-state index contributed by atoms with van der Waals surface area (Å²) in [4.78, 5) is 23.6. The molecule has 2 aliphatic heterocycles. The van der Waals surface area contributed by atoms with Gasteiger partial charge in [0.15, 0.2) is 5.96 Å². The number of carbonyl (C=O) groups excluding carboxylic acids is 1. The van der Waals surface area contributed by atoms with E-state index in [9.17, 15) is 4.79 Å². The van der Waals surface area contributed by atoms with Crippen LogP contribution < -0.4 is 15.5 Å². The van der Waals surface area contributed by atoms with Crippen LogP contribution in [0.4, 0.5) is 5.69 Å². The first-order chi connectivity index (χ1) is 15.0. The Morgan fingerprint density at radius 1 is 1.12 bits per heavy atom. The van der Waals surface area contributed by atoms with Gasteiger partial charge in [-0.3, -0.25) is 14.7 Å². The summed E-state index contributed by atoms with van der Waals surface area (Å²) >= 11 is 0. The van der Waals surface area contributed by atoms with Crippen LogP contribution in [0.1, 0.15) is 13.8 Å². The number of amides is 1. The Morgan fingerprint density at radius 3 is 2.50 bits per heavy atom. The summed E-state index contributed by atoms with van der Waals surface area (Å²) in [7, 11) is 1.73. The second kappa shape index (κ2) is 13.8. The summed E-state index contributed by atoms with van der Waals surface area (Å²) in [6.45, 7) is 12.4. The van der Waals surface area contributed by atoms with Crippen molar-refractivity contribution in [3.05, 3.63) is 30.3 Å². The van der Waals surface area contributed by atoms with Crippen LogP contribution >= 0.6 is 24.0 Å². The molecule has 32 heavy (non-hydrogen) atoms. The van der Waals surface area contributed by atoms with Crippen LogP contribution in [0.5, 0.6) is 0 Å². The first-order valence-corrected chi connectivity index (χ1v) is 11.4. The Kier molecular flexibility index (Phi) is 11.5. The molecule has 1 aromatic carbocycles. The van der Waals surface area contributed by atoms with Gasteiger partial charge in [-0.25, -0.2) is 0 Å². The lowest BCUT2D eigenvalue weighted by Crippen LogP contribution is -2.53. The smallest absolute Gasteiger partial charge is 0.242 e. The van der Waals surface area contributed by atoms with E-state index in [4.69, 9.17) is 4.74 Å². The van der Waals surface area contributed by atoms with E-state index >= 15 is 0 Å². The minimum absolute atomic E-state index is 0. The van der Waals surface area contributed by atoms with Crippen LogP contribution in [0.25, 0.3) is 0 Å². The SMILES string of the molecule is CN=C(NCC(=O)N1CCN(c2ccccc2)CC1)NCC1CN(CC(C)C)CCO1.I. The fraction of sp³-hybridized carbons (Fsp3) is 0.652. The molecule has 2 aliphatic rings. The minimum atomic E-state index is 0. The van der Waals surface area contributed by atoms with Gasteiger partial charge in [-0.15, -0.1) is 24.0 Å². The average Bonchev–Trinajstić information content (AvgIpc) is 2.79. The third-order valence-corrected chi connectivity index (χ3v) is 5.73. The van der Waals surface area contributed by atoms with E-state index < -0.39 is 0 Å². The van der Waals surface area contributed by atoms with Crippen molar-refractivity contribution in [3.63, 3.8) is 0 Å². The molecule has 1 atom stereocenters. The number of para-hydroxylation sites is 1. The van der Waals surface area contributed by atoms with E-state index in [-0.39, 0.29) is 42.5 Å². The predicted molar refractivity (Wildman–Crippen MR) is 141 cm³/mol. The molecular formula is C23H39IN6O2. The number of hydrogen-bond donors (Lipinski definition) is 2. The van der Waals surface area contributed by atoms with Gasteiger partial charge >= 0.3 is 0 Å². The molecule has 8 nitrogen and oxygen atoms in total. The van der Waals surface area contributed by atoms with Gasteiger partial charge < -0.3 is 25.2 Å². The first kappa shape index (κ1) is 26.7. The lowest BCUT2D eigenvalue weighted by atomic mass is 10.2. The van der Waals surface area contributed by atoms with Gasteiger partial charge in [-0.1, -0.05) is 32.0 Å². The number of nitrogens with one attached hydrogen (secondary N) is 2. The Labute approximate surface area is 209 Å². The second-order valence-electron chi connectivity index (χ2n) is 8.66. The van der Waals surface area contributed by atoms with E-state index in [0.29, 0.717) is 18.4 Å². The molecule has 2 heterocycles. The predicted octanol–water partition coefficient (Wildman–Crippen LogP) is 1.48. The summed E-state index contributed by atoms with van der Waals surface area (Å²) < 4.78 is 5.89. The lowest BCUT2D eigenvalue weighted by Gasteiger charge is -2.36. The number of aliphatic imine (C=N–C) groups is 1. The summed E-state index contributed by atoms with van der Waals surface area (Å²) in [6.07, 6.45) is 0.132. The molecule has 2 N–H and O–H groups in total. The number of nitrogens with zero attached hydrogens (tertiary/aromatic N) is 4. The normalized spacial score (nSPS) is 20.1. The number of benzene rings is 1. The third-order valence-electron chi connectivity index (χ3n) is 5.73. The van der Waals surface area contributed by atoms with E-state index in [1.165, 1.54) is 5.69 Å². The standard InChI is InChI=1S/C23H38N6O2.HI/c1-19(2)17-27-13-14-31-21(18-27)15-25-23(24-3)26-16-22(30)29-11-9-28(10-12-29)20-7-5-4-6-8-20;/h4-8,19,21H,9-18H2,1-3H3,(H2,24,25,26);1H. The van der Waals surface area contributed by atoms with Crippen molar-refractivity contribution in [2.75, 3.05) is 77.5 Å². The maximum atomic E-state index is 12.6. The van der Waals surface area contributed by atoms with Gasteiger partial charge in [-0.2, -0.15) is 0 Å². The molecule has 2 saturated heterocycles. The topological polar surface area (TPSA) is 72.4 Å². The number of guanidine groups is 1. The van der Waals surface area contributed by atoms with Gasteiger partial charge in [0.25, 0.3) is 0 Å². The fourth-order valence-corrected chi connectivity index (χ4v) is 4.14. The van der Waals surface area contributed by atoms with E-state index in [0.717, 1.165) is 52.4 Å². The molecule has 180 valence electrons. The van der Waals surface area contributed by atoms with Crippen molar-refractivity contribution in [2.24, 2.45) is 10.9 Å². The summed E-state index contributed by atoms with van der Waals surface area (Å²) in [5.74, 6) is 1.40. The van der Waals surface area contributed by atoms with Crippen molar-refractivity contribution in [3.8, 4) is 0 Å². The molecule has 3 rings (SSSR count). The molecule has 0 aliphatic carbocycles. The fourth-order valence-electron chi connectivity index (χ4n) is 4.14. The van der Waals surface area contributed by atoms with Crippen LogP contribution in [0, 0.1) is 5.92 Å². The Hall–Kier alpha value is -1.59. The van der Waals surface area contributed by atoms with Gasteiger partial charge in [0, 0.05) is 65.1 Å². The van der Waals surface area contributed by atoms with Gasteiger partial charge in [0.05, 0.1) is 19.3 Å². The minimum Gasteiger partial charge on any atom is -0.374 e. The van der Waals surface area contributed by atoms with E-state index in [1.54, 1.807) is 7.05 Å². The molecule has 0 radical (unpaired) electrons. The van der Waals surface area contributed by atoms with E-state index in [2.05, 4.69) is 63.5 Å². The number of morpholine rings is 1. The van der Waals surface area contributed by atoms with Crippen molar-refractivity contribution < 1.29 is 9.53 Å². The van der Waals surface area contributed by atoms with Crippen molar-refractivity contribution in [1.82, 2.24) is 20.4 Å². The molecule has 2 fully saturated rings. The molecule has 0 aromatic heterocycles. The quantitative estimate of drug-likeness (QED) is 0.300. The summed E-state index contributed by atoms with van der Waals surface area (Å²) in [6, 6.07) is 10.4. The van der Waals surface area contributed by atoms with Crippen LogP contribution in [-0.2, 0) is 9.53 Å². The molecule has 1 amide bonds. The maximum Gasteiger partial charge on any atom is 0.242 e. The van der Waals surface area contributed by atoms with Crippen LogP contribution in [0.3, 0.4) is 0 Å². The van der Waals surface area contributed by atoms with Crippen LogP contribution in [0.2, 0.25) is 0 Å². The number of anilines is 1. The Balaban J connectivity index is 0.00000363. The van der Waals surface area contributed by atoms with Gasteiger partial charge in [0.1, 0.15) is 0 Å². The summed E-state index contributed by atoms with van der Waals surface area (Å²) in [5, 5.41) is 6.47. The van der Waals surface area contributed by atoms with E-state index in [1.807, 2.05) is 11.0 Å². The molecule has 0 bridgehead atoms. The largest absolute Gasteiger partial charge is 0.374 e. The second-order valence-corrected chi connectivity index (χ2v) is 8.66. The Bertz CT molecular complexity index is 710. The highest BCUT2D eigenvalue weighted by Gasteiger charge is 2.23. The number of halogens is 1. The number of ether oxygens (including phenoxy) is 1. The Morgan fingerprint density at radius 2 is 1.84 bits per heavy atom. The number of rotatable bonds is 7. The molecule has 1 aromatic rings. The molecular weight excluding hydrogens is 519 g/mol. The summed E-state index contributed by atoms with van der Waals surface area (Å²) in [5.41, 5.74) is 1.22. The maximum absolute atomic E-state index is 12.6. The molecule has 1 unspecified atom stereocenters. The van der Waals surface area contributed by atoms with Crippen LogP contribution in [0.15, 0.2) is 35.3 Å². The highest BCUT2D eigenvalue weighted by Crippen LogP contribution is 2.15. The van der Waals surface area contributed by atoms with Crippen molar-refractivity contribution in [1.29, 1.82) is 0 Å². The molecule has 9 heteroatoms. The average molecular weight is 559 g/mol. The zero-order valence-electron chi connectivity index (χ0n) is 19.6. The monoisotopic (exact) mass is 558 g/mol. The number of carbonyl (C=O) groups is 1. The third kappa shape index (κ3) is 8.40. The zero-order chi connectivity index (χ0) is 22.1. The molecule has 0 spiro atoms. The number of hydrogen-bond acceptors (Lipinski definition) is 5.